The van der Waals surface area contributed by atoms with Crippen molar-refractivity contribution in [3.05, 3.63) is 41.0 Å². The molecule has 2 rings (SSSR count). The van der Waals surface area contributed by atoms with Gasteiger partial charge in [0.2, 0.25) is 0 Å². The molecule has 1 aromatic heterocycles. The maximum Gasteiger partial charge on any atom is 0.343 e. The van der Waals surface area contributed by atoms with Gasteiger partial charge in [0, 0.05) is 24.8 Å². The largest absolute Gasteiger partial charge is 0.462 e. The number of ether oxygens (including phenoxy) is 1. The molecule has 0 aliphatic heterocycles. The molecular weight excluding hydrogens is 314 g/mol. The Morgan fingerprint density at radius 3 is 2.52 bits per heavy atom. The van der Waals surface area contributed by atoms with Crippen LogP contribution in [0.15, 0.2) is 30.5 Å². The van der Waals surface area contributed by atoms with Gasteiger partial charge in [-0.25, -0.2) is 14.8 Å². The minimum Gasteiger partial charge on any atom is -0.462 e. The number of anilines is 1. The Morgan fingerprint density at radius 2 is 1.91 bits per heavy atom. The van der Waals surface area contributed by atoms with Crippen LogP contribution in [0.5, 0.6) is 0 Å². The van der Waals surface area contributed by atoms with Crippen LogP contribution in [0.3, 0.4) is 0 Å². The summed E-state index contributed by atoms with van der Waals surface area (Å²) in [7, 11) is 0. The van der Waals surface area contributed by atoms with Gasteiger partial charge in [-0.3, -0.25) is 0 Å². The van der Waals surface area contributed by atoms with Gasteiger partial charge in [0.1, 0.15) is 11.4 Å². The van der Waals surface area contributed by atoms with E-state index in [9.17, 15) is 4.79 Å². The highest BCUT2D eigenvalue weighted by molar-refractivity contribution is 6.33. The summed E-state index contributed by atoms with van der Waals surface area (Å²) in [5.74, 6) is 0.643. The van der Waals surface area contributed by atoms with E-state index in [4.69, 9.17) is 16.3 Å². The molecule has 0 fully saturated rings. The second-order valence-electron chi connectivity index (χ2n) is 4.80. The van der Waals surface area contributed by atoms with Crippen LogP contribution in [0.25, 0.3) is 11.4 Å². The van der Waals surface area contributed by atoms with E-state index >= 15 is 0 Å². The maximum absolute atomic E-state index is 12.2. The number of benzene rings is 1. The molecule has 0 saturated heterocycles. The van der Waals surface area contributed by atoms with E-state index in [1.807, 2.05) is 36.9 Å². The number of nitrogens with zero attached hydrogens (tertiary/aromatic N) is 3. The van der Waals surface area contributed by atoms with Gasteiger partial charge in [-0.2, -0.15) is 0 Å². The van der Waals surface area contributed by atoms with Crippen LogP contribution in [0, 0.1) is 0 Å². The van der Waals surface area contributed by atoms with Crippen LogP contribution in [-0.4, -0.2) is 35.6 Å². The van der Waals surface area contributed by atoms with Crippen molar-refractivity contribution in [3.8, 4) is 11.4 Å². The third-order valence-electron chi connectivity index (χ3n) is 3.44. The van der Waals surface area contributed by atoms with Crippen LogP contribution in [0.1, 0.15) is 31.1 Å². The molecule has 1 heterocycles. The highest BCUT2D eigenvalue weighted by Crippen LogP contribution is 2.27. The summed E-state index contributed by atoms with van der Waals surface area (Å²) in [6, 6.07) is 7.37. The van der Waals surface area contributed by atoms with E-state index in [0.717, 1.165) is 18.7 Å². The number of carbonyl (C=O) groups excluding carboxylic acids is 1. The Hall–Kier alpha value is -2.14. The lowest BCUT2D eigenvalue weighted by Gasteiger charge is -2.22. The van der Waals surface area contributed by atoms with Crippen molar-refractivity contribution < 1.29 is 9.53 Å². The van der Waals surface area contributed by atoms with Crippen LogP contribution in [-0.2, 0) is 4.74 Å². The van der Waals surface area contributed by atoms with Crippen molar-refractivity contribution in [2.24, 2.45) is 0 Å². The summed E-state index contributed by atoms with van der Waals surface area (Å²) in [5, 5.41) is 0.571. The summed E-state index contributed by atoms with van der Waals surface area (Å²) in [6.07, 6.45) is 1.51. The second kappa shape index (κ2) is 7.92. The van der Waals surface area contributed by atoms with Crippen molar-refractivity contribution in [2.45, 2.75) is 20.8 Å². The lowest BCUT2D eigenvalue weighted by molar-refractivity contribution is 0.0526. The second-order valence-corrected chi connectivity index (χ2v) is 5.21. The summed E-state index contributed by atoms with van der Waals surface area (Å²) in [6.45, 7) is 7.55. The third kappa shape index (κ3) is 3.79. The molecule has 0 aliphatic carbocycles. The Bertz CT molecular complexity index is 687. The number of carbonyl (C=O) groups is 1. The number of rotatable bonds is 6. The van der Waals surface area contributed by atoms with Crippen molar-refractivity contribution in [1.82, 2.24) is 9.97 Å². The topological polar surface area (TPSA) is 55.3 Å². The van der Waals surface area contributed by atoms with Gasteiger partial charge in [-0.1, -0.05) is 23.7 Å². The zero-order valence-corrected chi connectivity index (χ0v) is 14.3. The molecule has 6 heteroatoms. The number of halogens is 1. The first-order chi connectivity index (χ1) is 11.1. The fourth-order valence-corrected chi connectivity index (χ4v) is 2.48. The molecular formula is C17H20ClN3O2. The quantitative estimate of drug-likeness (QED) is 0.752. The average molecular weight is 334 g/mol. The van der Waals surface area contributed by atoms with E-state index in [0.29, 0.717) is 28.8 Å². The van der Waals surface area contributed by atoms with E-state index in [1.54, 1.807) is 13.0 Å². The lowest BCUT2D eigenvalue weighted by atomic mass is 10.2. The van der Waals surface area contributed by atoms with Crippen LogP contribution in [0.2, 0.25) is 5.02 Å². The Morgan fingerprint density at radius 1 is 1.22 bits per heavy atom. The molecule has 0 bridgehead atoms. The first kappa shape index (κ1) is 17.2. The summed E-state index contributed by atoms with van der Waals surface area (Å²) < 4.78 is 5.11. The molecule has 0 amide bonds. The van der Waals surface area contributed by atoms with E-state index in [2.05, 4.69) is 9.97 Å². The molecule has 2 aromatic rings. The zero-order chi connectivity index (χ0) is 16.8. The fraction of sp³-hybridized carbons (Fsp3) is 0.353. The highest BCUT2D eigenvalue weighted by Gasteiger charge is 2.20. The molecule has 5 nitrogen and oxygen atoms in total. The molecule has 0 atom stereocenters. The molecule has 0 radical (unpaired) electrons. The molecule has 0 N–H and O–H groups in total. The van der Waals surface area contributed by atoms with Crippen molar-refractivity contribution >= 4 is 23.4 Å². The van der Waals surface area contributed by atoms with Gasteiger partial charge in [0.15, 0.2) is 5.82 Å². The van der Waals surface area contributed by atoms with Crippen LogP contribution < -0.4 is 4.90 Å². The average Bonchev–Trinajstić information content (AvgIpc) is 2.56. The van der Waals surface area contributed by atoms with Crippen LogP contribution >= 0.6 is 11.6 Å². The summed E-state index contributed by atoms with van der Waals surface area (Å²) in [5.41, 5.74) is 1.10. The molecule has 122 valence electrons. The molecule has 23 heavy (non-hydrogen) atoms. The van der Waals surface area contributed by atoms with Gasteiger partial charge >= 0.3 is 5.97 Å². The first-order valence-corrected chi connectivity index (χ1v) is 8.04. The molecule has 0 aliphatic rings. The number of hydrogen-bond acceptors (Lipinski definition) is 5. The standard InChI is InChI=1S/C17H20ClN3O2/c1-4-21(5-2)16-13(17(22)23-6-3)11-19-15(20-16)12-9-7-8-10-14(12)18/h7-11H,4-6H2,1-3H3. The molecule has 1 aromatic carbocycles. The van der Waals surface area contributed by atoms with Gasteiger partial charge < -0.3 is 9.64 Å². The molecule has 0 spiro atoms. The van der Waals surface area contributed by atoms with Gasteiger partial charge in [0.05, 0.1) is 11.6 Å². The number of aromatic nitrogens is 2. The first-order valence-electron chi connectivity index (χ1n) is 7.66. The van der Waals surface area contributed by atoms with Crippen molar-refractivity contribution in [3.63, 3.8) is 0 Å². The zero-order valence-electron chi connectivity index (χ0n) is 13.5. The maximum atomic E-state index is 12.2. The smallest absolute Gasteiger partial charge is 0.343 e. The third-order valence-corrected chi connectivity index (χ3v) is 3.77. The highest BCUT2D eigenvalue weighted by atomic mass is 35.5. The van der Waals surface area contributed by atoms with Crippen LogP contribution in [0.4, 0.5) is 5.82 Å². The van der Waals surface area contributed by atoms with Crippen molar-refractivity contribution in [1.29, 1.82) is 0 Å². The number of esters is 1. The normalized spacial score (nSPS) is 10.4. The monoisotopic (exact) mass is 333 g/mol. The summed E-state index contributed by atoms with van der Waals surface area (Å²) >= 11 is 6.23. The Labute approximate surface area is 141 Å². The predicted molar refractivity (Wildman–Crippen MR) is 92.0 cm³/mol. The minimum atomic E-state index is -0.417. The SMILES string of the molecule is CCOC(=O)c1cnc(-c2ccccc2Cl)nc1N(CC)CC. The van der Waals surface area contributed by atoms with Gasteiger partial charge in [-0.05, 0) is 32.9 Å². The number of hydrogen-bond donors (Lipinski definition) is 0. The molecule has 0 saturated carbocycles. The van der Waals surface area contributed by atoms with E-state index in [-0.39, 0.29) is 0 Å². The Kier molecular flexibility index (Phi) is 5.93. The summed E-state index contributed by atoms with van der Waals surface area (Å²) in [4.78, 5) is 23.0. The fourth-order valence-electron chi connectivity index (χ4n) is 2.26. The molecule has 0 unspecified atom stereocenters. The minimum absolute atomic E-state index is 0.308. The predicted octanol–water partition coefficient (Wildman–Crippen LogP) is 3.82. The lowest BCUT2D eigenvalue weighted by Crippen LogP contribution is -2.26. The van der Waals surface area contributed by atoms with Crippen molar-refractivity contribution in [2.75, 3.05) is 24.6 Å². The van der Waals surface area contributed by atoms with Gasteiger partial charge in [-0.15, -0.1) is 0 Å². The Balaban J connectivity index is 2.55. The van der Waals surface area contributed by atoms with E-state index < -0.39 is 5.97 Å². The van der Waals surface area contributed by atoms with E-state index in [1.165, 1.54) is 6.20 Å². The van der Waals surface area contributed by atoms with Gasteiger partial charge in [0.25, 0.3) is 0 Å².